The van der Waals surface area contributed by atoms with Crippen LogP contribution in [0.4, 0.5) is 0 Å². The fraction of sp³-hybridized carbons (Fsp3) is 0.750. The van der Waals surface area contributed by atoms with Gasteiger partial charge in [0.2, 0.25) is 0 Å². The van der Waals surface area contributed by atoms with Crippen LogP contribution in [-0.2, 0) is 14.3 Å². The summed E-state index contributed by atoms with van der Waals surface area (Å²) in [5.74, 6) is 0. The number of rotatable bonds is 19. The van der Waals surface area contributed by atoms with E-state index >= 15 is 0 Å². The molecule has 0 unspecified atom stereocenters. The van der Waals surface area contributed by atoms with Gasteiger partial charge in [-0.1, -0.05) is 115 Å². The van der Waals surface area contributed by atoms with E-state index in [1.54, 1.807) is 12.1 Å². The number of hydrogen-bond acceptors (Lipinski definition) is 3. The van der Waals surface area contributed by atoms with Gasteiger partial charge in [0.05, 0.1) is 11.5 Å². The number of unbranched alkanes of at least 4 members (excludes halogenated alkanes) is 15. The summed E-state index contributed by atoms with van der Waals surface area (Å²) in [4.78, 5) is 0.165. The van der Waals surface area contributed by atoms with Crippen LogP contribution in [0.1, 0.15) is 110 Å². The molecule has 0 radical (unpaired) electrons. The molecule has 1 rings (SSSR count). The van der Waals surface area contributed by atoms with Crippen LogP contribution in [0.25, 0.3) is 0 Å². The second kappa shape index (κ2) is 17.1. The van der Waals surface area contributed by atoms with Crippen molar-refractivity contribution in [1.82, 2.24) is 0 Å². The van der Waals surface area contributed by atoms with E-state index < -0.39 is 10.1 Å². The van der Waals surface area contributed by atoms with Crippen LogP contribution < -0.4 is 0 Å². The van der Waals surface area contributed by atoms with Crippen LogP contribution in [0, 0.1) is 0 Å². The fourth-order valence-corrected chi connectivity index (χ4v) is 4.56. The lowest BCUT2D eigenvalue weighted by Gasteiger charge is -2.06. The minimum Gasteiger partial charge on any atom is -0.266 e. The summed E-state index contributed by atoms with van der Waals surface area (Å²) in [6, 6.07) is 6.08. The largest absolute Gasteiger partial charge is 0.296 e. The van der Waals surface area contributed by atoms with Crippen LogP contribution in [-0.4, -0.2) is 15.0 Å². The van der Waals surface area contributed by atoms with E-state index in [2.05, 4.69) is 6.92 Å². The smallest absolute Gasteiger partial charge is 0.266 e. The van der Waals surface area contributed by atoms with Gasteiger partial charge in [0.25, 0.3) is 10.1 Å². The maximum Gasteiger partial charge on any atom is 0.296 e. The van der Waals surface area contributed by atoms with Crippen molar-refractivity contribution < 1.29 is 12.6 Å². The van der Waals surface area contributed by atoms with E-state index in [1.807, 2.05) is 0 Å². The SMILES string of the molecule is CCCCCCCCCCCCCCCCCCOS(=O)(=O)c1ccc(Cl)cc1. The normalized spacial score (nSPS) is 11.8. The van der Waals surface area contributed by atoms with Gasteiger partial charge in [0, 0.05) is 5.02 Å². The molecule has 0 spiro atoms. The van der Waals surface area contributed by atoms with Gasteiger partial charge in [-0.25, -0.2) is 0 Å². The van der Waals surface area contributed by atoms with Crippen molar-refractivity contribution in [3.8, 4) is 0 Å². The van der Waals surface area contributed by atoms with Gasteiger partial charge in [0.15, 0.2) is 0 Å². The zero-order valence-electron chi connectivity index (χ0n) is 18.3. The average Bonchev–Trinajstić information content (AvgIpc) is 2.70. The van der Waals surface area contributed by atoms with Crippen molar-refractivity contribution >= 4 is 21.7 Å². The first-order valence-corrected chi connectivity index (χ1v) is 13.5. The number of hydrogen-bond donors (Lipinski definition) is 0. The van der Waals surface area contributed by atoms with Crippen molar-refractivity contribution in [2.24, 2.45) is 0 Å². The molecule has 168 valence electrons. The summed E-state index contributed by atoms with van der Waals surface area (Å²) in [7, 11) is -3.66. The molecule has 0 saturated heterocycles. The molecule has 0 bridgehead atoms. The Kier molecular flexibility index (Phi) is 15.6. The molecule has 0 saturated carbocycles. The number of halogens is 1. The summed E-state index contributed by atoms with van der Waals surface area (Å²) >= 11 is 5.78. The third-order valence-electron chi connectivity index (χ3n) is 5.34. The van der Waals surface area contributed by atoms with E-state index in [-0.39, 0.29) is 11.5 Å². The zero-order chi connectivity index (χ0) is 21.2. The average molecular weight is 445 g/mol. The lowest BCUT2D eigenvalue weighted by Crippen LogP contribution is -2.07. The van der Waals surface area contributed by atoms with E-state index in [4.69, 9.17) is 15.8 Å². The van der Waals surface area contributed by atoms with Gasteiger partial charge in [-0.3, -0.25) is 4.18 Å². The van der Waals surface area contributed by atoms with E-state index in [1.165, 1.54) is 95.6 Å². The van der Waals surface area contributed by atoms with Gasteiger partial charge < -0.3 is 0 Å². The third kappa shape index (κ3) is 14.1. The summed E-state index contributed by atoms with van der Waals surface area (Å²) in [6.07, 6.45) is 20.8. The van der Waals surface area contributed by atoms with Gasteiger partial charge >= 0.3 is 0 Å². The molecule has 0 aromatic heterocycles. The first kappa shape index (κ1) is 26.5. The third-order valence-corrected chi connectivity index (χ3v) is 6.92. The van der Waals surface area contributed by atoms with E-state index in [0.29, 0.717) is 5.02 Å². The monoisotopic (exact) mass is 444 g/mol. The molecule has 0 aliphatic heterocycles. The van der Waals surface area contributed by atoms with Crippen molar-refractivity contribution in [2.75, 3.05) is 6.61 Å². The molecular weight excluding hydrogens is 404 g/mol. The predicted molar refractivity (Wildman–Crippen MR) is 124 cm³/mol. The molecule has 5 heteroatoms. The highest BCUT2D eigenvalue weighted by Crippen LogP contribution is 2.17. The summed E-state index contributed by atoms with van der Waals surface area (Å²) < 4.78 is 29.2. The molecule has 0 heterocycles. The van der Waals surface area contributed by atoms with Crippen molar-refractivity contribution in [1.29, 1.82) is 0 Å². The van der Waals surface area contributed by atoms with E-state index in [9.17, 15) is 8.42 Å². The molecule has 0 aliphatic rings. The first-order chi connectivity index (χ1) is 14.1. The number of benzene rings is 1. The molecular formula is C24H41ClO3S. The predicted octanol–water partition coefficient (Wildman–Crippen LogP) is 8.31. The summed E-state index contributed by atoms with van der Waals surface area (Å²) in [5.41, 5.74) is 0. The van der Waals surface area contributed by atoms with Crippen LogP contribution in [0.15, 0.2) is 29.2 Å². The lowest BCUT2D eigenvalue weighted by atomic mass is 10.0. The Balaban J connectivity index is 1.86. The second-order valence-electron chi connectivity index (χ2n) is 8.03. The Bertz CT molecular complexity index is 599. The Morgan fingerprint density at radius 1 is 0.655 bits per heavy atom. The standard InChI is InChI=1S/C24H41ClO3S/c1-2-3-4-5-6-7-8-9-10-11-12-13-14-15-16-17-22-28-29(26,27)24-20-18-23(25)19-21-24/h18-21H,2-17,22H2,1H3. The van der Waals surface area contributed by atoms with Crippen molar-refractivity contribution in [3.63, 3.8) is 0 Å². The highest BCUT2D eigenvalue weighted by molar-refractivity contribution is 7.86. The molecule has 1 aromatic carbocycles. The second-order valence-corrected chi connectivity index (χ2v) is 10.1. The van der Waals surface area contributed by atoms with Crippen LogP contribution in [0.5, 0.6) is 0 Å². The minimum absolute atomic E-state index is 0.165. The van der Waals surface area contributed by atoms with E-state index in [0.717, 1.165) is 19.3 Å². The Labute approximate surface area is 184 Å². The molecule has 3 nitrogen and oxygen atoms in total. The molecule has 0 amide bonds. The van der Waals surface area contributed by atoms with Gasteiger partial charge in [0.1, 0.15) is 0 Å². The molecule has 29 heavy (non-hydrogen) atoms. The van der Waals surface area contributed by atoms with Crippen molar-refractivity contribution in [3.05, 3.63) is 29.3 Å². The molecule has 0 N–H and O–H groups in total. The molecule has 1 aromatic rings. The summed E-state index contributed by atoms with van der Waals surface area (Å²) in [5, 5.41) is 0.516. The fourth-order valence-electron chi connectivity index (χ4n) is 3.49. The highest BCUT2D eigenvalue weighted by atomic mass is 35.5. The lowest BCUT2D eigenvalue weighted by molar-refractivity contribution is 0.306. The first-order valence-electron chi connectivity index (χ1n) is 11.7. The highest BCUT2D eigenvalue weighted by Gasteiger charge is 2.14. The van der Waals surface area contributed by atoms with Gasteiger partial charge in [-0.2, -0.15) is 8.42 Å². The Morgan fingerprint density at radius 3 is 1.45 bits per heavy atom. The quantitative estimate of drug-likeness (QED) is 0.159. The van der Waals surface area contributed by atoms with Gasteiger partial charge in [-0.15, -0.1) is 0 Å². The molecule has 0 aliphatic carbocycles. The zero-order valence-corrected chi connectivity index (χ0v) is 19.9. The van der Waals surface area contributed by atoms with Crippen LogP contribution in [0.2, 0.25) is 5.02 Å². The van der Waals surface area contributed by atoms with Crippen LogP contribution in [0.3, 0.4) is 0 Å². The maximum atomic E-state index is 12.0. The van der Waals surface area contributed by atoms with Crippen molar-refractivity contribution in [2.45, 2.75) is 115 Å². The molecule has 0 fully saturated rings. The topological polar surface area (TPSA) is 43.4 Å². The Hall–Kier alpha value is -0.580. The summed E-state index contributed by atoms with van der Waals surface area (Å²) in [6.45, 7) is 2.52. The van der Waals surface area contributed by atoms with Gasteiger partial charge in [-0.05, 0) is 30.7 Å². The minimum atomic E-state index is -3.66. The maximum absolute atomic E-state index is 12.0. The molecule has 0 atom stereocenters. The Morgan fingerprint density at radius 2 is 1.03 bits per heavy atom. The van der Waals surface area contributed by atoms with Crippen LogP contribution >= 0.6 is 11.6 Å².